The number of aromatic nitrogens is 7. The molecule has 0 saturated heterocycles. The van der Waals surface area contributed by atoms with Gasteiger partial charge in [-0.3, -0.25) is 14.3 Å². The van der Waals surface area contributed by atoms with Crippen LogP contribution in [0.25, 0.3) is 17.3 Å². The highest BCUT2D eigenvalue weighted by Gasteiger charge is 2.20. The Kier molecular flexibility index (Phi) is 5.27. The average Bonchev–Trinajstić information content (AvgIpc) is 3.19. The van der Waals surface area contributed by atoms with Crippen molar-refractivity contribution in [2.75, 3.05) is 0 Å². The van der Waals surface area contributed by atoms with Gasteiger partial charge in [-0.1, -0.05) is 0 Å². The van der Waals surface area contributed by atoms with Crippen molar-refractivity contribution in [2.45, 2.75) is 13.3 Å². The maximum Gasteiger partial charge on any atom is 0.290 e. The summed E-state index contributed by atoms with van der Waals surface area (Å²) in [6.45, 7) is 1.64. The number of primary amides is 1. The number of hydrogen-bond donors (Lipinski definition) is 2. The van der Waals surface area contributed by atoms with Gasteiger partial charge in [-0.05, 0) is 6.92 Å². The molecule has 0 radical (unpaired) electrons. The van der Waals surface area contributed by atoms with E-state index >= 15 is 0 Å². The SMILES string of the molecule is Cc1ncn(C)c1-c1nc(CC(N)=O)nn1-c1ccnn1C.O=CO. The molecule has 0 aliphatic carbocycles. The molecule has 0 aliphatic rings. The van der Waals surface area contributed by atoms with E-state index in [0.29, 0.717) is 11.6 Å². The molecular formula is C14H18N8O3. The zero-order valence-corrected chi connectivity index (χ0v) is 14.0. The third-order valence-corrected chi connectivity index (χ3v) is 3.33. The summed E-state index contributed by atoms with van der Waals surface area (Å²) in [7, 11) is 3.69. The van der Waals surface area contributed by atoms with Crippen LogP contribution in [0.15, 0.2) is 18.6 Å². The molecule has 0 bridgehead atoms. The largest absolute Gasteiger partial charge is 0.483 e. The fraction of sp³-hybridized carbons (Fsp3) is 0.286. The highest BCUT2D eigenvalue weighted by Crippen LogP contribution is 2.23. The van der Waals surface area contributed by atoms with Crippen LogP contribution in [0, 0.1) is 6.92 Å². The van der Waals surface area contributed by atoms with E-state index in [2.05, 4.69) is 20.2 Å². The monoisotopic (exact) mass is 346 g/mol. The van der Waals surface area contributed by atoms with Crippen LogP contribution in [-0.4, -0.2) is 51.6 Å². The molecule has 0 aromatic carbocycles. The first kappa shape index (κ1) is 17.8. The van der Waals surface area contributed by atoms with Gasteiger partial charge >= 0.3 is 0 Å². The van der Waals surface area contributed by atoms with Crippen LogP contribution in [0.2, 0.25) is 0 Å². The van der Waals surface area contributed by atoms with Gasteiger partial charge in [0.1, 0.15) is 5.69 Å². The van der Waals surface area contributed by atoms with Crippen LogP contribution in [0.3, 0.4) is 0 Å². The molecule has 3 N–H and O–H groups in total. The number of nitrogens with zero attached hydrogens (tertiary/aromatic N) is 7. The quantitative estimate of drug-likeness (QED) is 0.602. The van der Waals surface area contributed by atoms with Crippen LogP contribution in [0.4, 0.5) is 0 Å². The number of nitrogens with two attached hydrogens (primary N) is 1. The maximum absolute atomic E-state index is 11.2. The summed E-state index contributed by atoms with van der Waals surface area (Å²) < 4.78 is 5.19. The number of imidazole rings is 1. The molecule has 0 saturated carbocycles. The van der Waals surface area contributed by atoms with Gasteiger partial charge in [-0.15, -0.1) is 5.10 Å². The molecule has 3 heterocycles. The average molecular weight is 346 g/mol. The molecule has 0 unspecified atom stereocenters. The molecule has 3 aromatic heterocycles. The van der Waals surface area contributed by atoms with E-state index in [9.17, 15) is 4.79 Å². The lowest BCUT2D eigenvalue weighted by Gasteiger charge is -2.07. The summed E-state index contributed by atoms with van der Waals surface area (Å²) in [6, 6.07) is 1.82. The molecule has 0 fully saturated rings. The maximum atomic E-state index is 11.2. The van der Waals surface area contributed by atoms with Gasteiger partial charge in [0.2, 0.25) is 5.91 Å². The lowest BCUT2D eigenvalue weighted by atomic mass is 10.3. The fourth-order valence-electron chi connectivity index (χ4n) is 2.34. The minimum Gasteiger partial charge on any atom is -0.483 e. The molecule has 25 heavy (non-hydrogen) atoms. The topological polar surface area (TPSA) is 147 Å². The van der Waals surface area contributed by atoms with Crippen molar-refractivity contribution < 1.29 is 14.7 Å². The number of aryl methyl sites for hydroxylation is 3. The van der Waals surface area contributed by atoms with E-state index in [1.165, 1.54) is 0 Å². The van der Waals surface area contributed by atoms with Crippen LogP contribution in [0.5, 0.6) is 0 Å². The van der Waals surface area contributed by atoms with E-state index in [1.807, 2.05) is 31.7 Å². The van der Waals surface area contributed by atoms with Crippen LogP contribution in [0.1, 0.15) is 11.5 Å². The Hall–Kier alpha value is -3.50. The molecule has 11 heteroatoms. The number of hydrogen-bond acceptors (Lipinski definition) is 6. The van der Waals surface area contributed by atoms with Crippen molar-refractivity contribution in [2.24, 2.45) is 19.8 Å². The van der Waals surface area contributed by atoms with Crippen LogP contribution >= 0.6 is 0 Å². The van der Waals surface area contributed by atoms with Crippen molar-refractivity contribution in [3.8, 4) is 17.3 Å². The Morgan fingerprint density at radius 3 is 2.56 bits per heavy atom. The molecular weight excluding hydrogens is 328 g/mol. The molecule has 0 spiro atoms. The van der Waals surface area contributed by atoms with Gasteiger partial charge in [0.25, 0.3) is 6.47 Å². The lowest BCUT2D eigenvalue weighted by molar-refractivity contribution is -0.123. The smallest absolute Gasteiger partial charge is 0.290 e. The second-order valence-electron chi connectivity index (χ2n) is 5.11. The van der Waals surface area contributed by atoms with E-state index in [1.54, 1.807) is 21.9 Å². The Morgan fingerprint density at radius 2 is 2.08 bits per heavy atom. The van der Waals surface area contributed by atoms with Crippen molar-refractivity contribution in [1.29, 1.82) is 0 Å². The van der Waals surface area contributed by atoms with Crippen LogP contribution < -0.4 is 5.73 Å². The standard InChI is InChI=1S/C13H16N8O.CH2O2/c1-8-12(19(2)7-15-8)13-17-10(6-9(14)22)18-21(13)11-4-5-16-20(11)3;2-1-3/h4-5,7H,6H2,1-3H3,(H2,14,22);1H,(H,2,3). The number of carboxylic acid groups (broad SMARTS) is 1. The first-order valence-electron chi connectivity index (χ1n) is 7.17. The lowest BCUT2D eigenvalue weighted by Crippen LogP contribution is -2.15. The third-order valence-electron chi connectivity index (χ3n) is 3.33. The Morgan fingerprint density at radius 1 is 1.40 bits per heavy atom. The molecule has 1 amide bonds. The Bertz CT molecular complexity index is 872. The minimum atomic E-state index is -0.476. The predicted molar refractivity (Wildman–Crippen MR) is 86.7 cm³/mol. The summed E-state index contributed by atoms with van der Waals surface area (Å²) in [6.07, 6.45) is 3.36. The van der Waals surface area contributed by atoms with Crippen molar-refractivity contribution >= 4 is 12.4 Å². The molecule has 3 aromatic rings. The summed E-state index contributed by atoms with van der Waals surface area (Å²) in [5.41, 5.74) is 6.89. The van der Waals surface area contributed by atoms with E-state index in [-0.39, 0.29) is 12.9 Å². The number of rotatable bonds is 4. The summed E-state index contributed by atoms with van der Waals surface area (Å²) in [5, 5.41) is 15.4. The van der Waals surface area contributed by atoms with Crippen LogP contribution in [-0.2, 0) is 30.1 Å². The summed E-state index contributed by atoms with van der Waals surface area (Å²) in [4.78, 5) is 28.3. The van der Waals surface area contributed by atoms with E-state index in [0.717, 1.165) is 17.2 Å². The zero-order chi connectivity index (χ0) is 18.6. The van der Waals surface area contributed by atoms with E-state index < -0.39 is 5.91 Å². The molecule has 3 rings (SSSR count). The fourth-order valence-corrected chi connectivity index (χ4v) is 2.34. The molecule has 0 atom stereocenters. The number of amides is 1. The number of carbonyl (C=O) groups excluding carboxylic acids is 1. The third kappa shape index (κ3) is 3.71. The van der Waals surface area contributed by atoms with Gasteiger partial charge in [0, 0.05) is 20.2 Å². The molecule has 11 nitrogen and oxygen atoms in total. The predicted octanol–water partition coefficient (Wildman–Crippen LogP) is -0.562. The summed E-state index contributed by atoms with van der Waals surface area (Å²) in [5.74, 6) is 1.22. The zero-order valence-electron chi connectivity index (χ0n) is 14.0. The normalized spacial score (nSPS) is 10.2. The minimum absolute atomic E-state index is 0.0191. The molecule has 0 aliphatic heterocycles. The highest BCUT2D eigenvalue weighted by molar-refractivity contribution is 5.75. The van der Waals surface area contributed by atoms with Gasteiger partial charge in [0.15, 0.2) is 17.5 Å². The highest BCUT2D eigenvalue weighted by atomic mass is 16.3. The van der Waals surface area contributed by atoms with Gasteiger partial charge in [-0.25, -0.2) is 9.97 Å². The number of carbonyl (C=O) groups is 2. The summed E-state index contributed by atoms with van der Waals surface area (Å²) >= 11 is 0. The van der Waals surface area contributed by atoms with E-state index in [4.69, 9.17) is 15.6 Å². The second kappa shape index (κ2) is 7.38. The van der Waals surface area contributed by atoms with Gasteiger partial charge < -0.3 is 15.4 Å². The van der Waals surface area contributed by atoms with Crippen molar-refractivity contribution in [3.63, 3.8) is 0 Å². The van der Waals surface area contributed by atoms with Crippen molar-refractivity contribution in [3.05, 3.63) is 30.1 Å². The Labute approximate surface area is 142 Å². The van der Waals surface area contributed by atoms with Gasteiger partial charge in [-0.2, -0.15) is 9.78 Å². The van der Waals surface area contributed by atoms with Gasteiger partial charge in [0.05, 0.1) is 24.6 Å². The first-order chi connectivity index (χ1) is 11.9. The second-order valence-corrected chi connectivity index (χ2v) is 5.11. The first-order valence-corrected chi connectivity index (χ1v) is 7.17. The Balaban J connectivity index is 0.000000701. The molecule has 132 valence electrons. The van der Waals surface area contributed by atoms with Crippen molar-refractivity contribution in [1.82, 2.24) is 34.1 Å².